The predicted molar refractivity (Wildman–Crippen MR) is 112 cm³/mol. The summed E-state index contributed by atoms with van der Waals surface area (Å²) in [4.78, 5) is 36.8. The number of aromatic nitrogens is 2. The molecule has 168 valence electrons. The molecular formula is C21H21ClN4O6. The molecule has 32 heavy (non-hydrogen) atoms. The van der Waals surface area contributed by atoms with Gasteiger partial charge >= 0.3 is 12.1 Å². The second kappa shape index (κ2) is 10.2. The van der Waals surface area contributed by atoms with Crippen molar-refractivity contribution in [3.8, 4) is 17.2 Å². The van der Waals surface area contributed by atoms with Gasteiger partial charge in [0.15, 0.2) is 6.73 Å². The molecule has 0 spiro atoms. The van der Waals surface area contributed by atoms with Crippen molar-refractivity contribution in [1.82, 2.24) is 15.1 Å². The summed E-state index contributed by atoms with van der Waals surface area (Å²) in [5.41, 5.74) is 0.548. The van der Waals surface area contributed by atoms with Gasteiger partial charge in [-0.1, -0.05) is 17.7 Å². The van der Waals surface area contributed by atoms with E-state index in [1.807, 2.05) is 0 Å². The van der Waals surface area contributed by atoms with E-state index >= 15 is 0 Å². The highest BCUT2D eigenvalue weighted by atomic mass is 35.5. The number of nitrogens with one attached hydrogen (secondary N) is 1. The average Bonchev–Trinajstić information content (AvgIpc) is 3.36. The van der Waals surface area contributed by atoms with Gasteiger partial charge in [-0.2, -0.15) is 10.4 Å². The number of H-pyrrole nitrogens is 1. The lowest BCUT2D eigenvalue weighted by molar-refractivity contribution is -0.137. The van der Waals surface area contributed by atoms with Crippen LogP contribution >= 0.6 is 11.6 Å². The number of nitrogens with zero attached hydrogens (tertiary/aromatic N) is 3. The van der Waals surface area contributed by atoms with Crippen molar-refractivity contribution in [2.75, 3.05) is 13.3 Å². The Morgan fingerprint density at radius 1 is 1.25 bits per heavy atom. The number of carboxylic acids is 1. The largest absolute Gasteiger partial charge is 0.510 e. The molecule has 1 aliphatic carbocycles. The van der Waals surface area contributed by atoms with Gasteiger partial charge in [0, 0.05) is 18.2 Å². The molecule has 0 radical (unpaired) electrons. The predicted octanol–water partition coefficient (Wildman–Crippen LogP) is 3.59. The van der Waals surface area contributed by atoms with Crippen molar-refractivity contribution in [3.63, 3.8) is 0 Å². The van der Waals surface area contributed by atoms with Crippen molar-refractivity contribution >= 4 is 29.6 Å². The standard InChI is InChI=1S/C21H21ClN4O6/c22-17-5-4-14(15-10-24-25-11-15)9-16(17)19(29)26(21(12-23)6-7-21)13-32-20(30)31-8-2-1-3-18(27)28/h4-5,9-11H,1-3,6-8,13H2,(H,24,25)(H,27,28). The third kappa shape index (κ3) is 5.56. The lowest BCUT2D eigenvalue weighted by atomic mass is 10.0. The van der Waals surface area contributed by atoms with Gasteiger partial charge in [-0.15, -0.1) is 0 Å². The molecule has 1 aromatic carbocycles. The normalized spacial score (nSPS) is 13.6. The molecule has 10 nitrogen and oxygen atoms in total. The monoisotopic (exact) mass is 460 g/mol. The summed E-state index contributed by atoms with van der Waals surface area (Å²) in [6.45, 7) is -0.491. The van der Waals surface area contributed by atoms with Crippen LogP contribution in [-0.4, -0.2) is 57.1 Å². The molecule has 1 aliphatic rings. The number of halogens is 1. The fraction of sp³-hybridized carbons (Fsp3) is 0.381. The Morgan fingerprint density at radius 3 is 2.66 bits per heavy atom. The number of hydrogen-bond acceptors (Lipinski definition) is 7. The fourth-order valence-corrected chi connectivity index (χ4v) is 3.25. The Labute approximate surface area is 188 Å². The molecule has 1 fully saturated rings. The van der Waals surface area contributed by atoms with Gasteiger partial charge in [0.05, 0.1) is 29.5 Å². The maximum absolute atomic E-state index is 13.3. The molecule has 0 saturated heterocycles. The van der Waals surface area contributed by atoms with Crippen molar-refractivity contribution in [1.29, 1.82) is 5.26 Å². The van der Waals surface area contributed by atoms with E-state index in [1.54, 1.807) is 30.6 Å². The van der Waals surface area contributed by atoms with E-state index in [9.17, 15) is 19.6 Å². The summed E-state index contributed by atoms with van der Waals surface area (Å²) in [5, 5.41) is 25.0. The van der Waals surface area contributed by atoms with Crippen LogP contribution in [0, 0.1) is 11.3 Å². The molecule has 0 aliphatic heterocycles. The summed E-state index contributed by atoms with van der Waals surface area (Å²) in [6, 6.07) is 7.03. The van der Waals surface area contributed by atoms with Gasteiger partial charge in [0.1, 0.15) is 5.54 Å². The molecule has 1 amide bonds. The first kappa shape index (κ1) is 23.1. The first-order chi connectivity index (χ1) is 15.4. The number of amides is 1. The molecule has 0 atom stereocenters. The number of rotatable bonds is 10. The van der Waals surface area contributed by atoms with Gasteiger partial charge in [-0.3, -0.25) is 19.6 Å². The summed E-state index contributed by atoms with van der Waals surface area (Å²) in [5.74, 6) is -1.47. The smallest absolute Gasteiger partial charge is 0.481 e. The highest BCUT2D eigenvalue weighted by Gasteiger charge is 2.52. The van der Waals surface area contributed by atoms with E-state index in [0.29, 0.717) is 31.2 Å². The van der Waals surface area contributed by atoms with Crippen molar-refractivity contribution < 1.29 is 29.0 Å². The number of unbranched alkanes of at least 4 members (excludes halogenated alkanes) is 1. The van der Waals surface area contributed by atoms with Crippen LogP contribution in [0.1, 0.15) is 42.5 Å². The number of carboxylic acid groups (broad SMARTS) is 1. The number of carbonyl (C=O) groups is 3. The van der Waals surface area contributed by atoms with Crippen molar-refractivity contribution in [2.24, 2.45) is 0 Å². The van der Waals surface area contributed by atoms with Crippen LogP contribution in [0.25, 0.3) is 11.1 Å². The number of carbonyl (C=O) groups excluding carboxylic acids is 2. The van der Waals surface area contributed by atoms with E-state index in [-0.39, 0.29) is 23.6 Å². The second-order valence-electron chi connectivity index (χ2n) is 7.28. The Balaban J connectivity index is 1.67. The SMILES string of the molecule is N#CC1(N(COC(=O)OCCCCC(=O)O)C(=O)c2cc(-c3cn[nH]c3)ccc2Cl)CC1. The van der Waals surface area contributed by atoms with E-state index in [1.165, 1.54) is 4.90 Å². The van der Waals surface area contributed by atoms with Gasteiger partial charge in [-0.05, 0) is 43.4 Å². The second-order valence-corrected chi connectivity index (χ2v) is 7.69. The number of hydrogen-bond donors (Lipinski definition) is 2. The number of benzene rings is 1. The summed E-state index contributed by atoms with van der Waals surface area (Å²) >= 11 is 6.27. The number of ether oxygens (including phenoxy) is 2. The minimum absolute atomic E-state index is 0.0119. The van der Waals surface area contributed by atoms with Gasteiger partial charge in [0.2, 0.25) is 0 Å². The summed E-state index contributed by atoms with van der Waals surface area (Å²) in [6.07, 6.45) is 3.85. The zero-order chi connectivity index (χ0) is 23.1. The Kier molecular flexibility index (Phi) is 7.33. The van der Waals surface area contributed by atoms with E-state index in [2.05, 4.69) is 16.3 Å². The maximum Gasteiger partial charge on any atom is 0.510 e. The molecule has 1 saturated carbocycles. The van der Waals surface area contributed by atoms with E-state index in [0.717, 1.165) is 5.56 Å². The van der Waals surface area contributed by atoms with E-state index < -0.39 is 30.3 Å². The third-order valence-corrected chi connectivity index (χ3v) is 5.37. The van der Waals surface area contributed by atoms with Crippen LogP contribution in [0.4, 0.5) is 4.79 Å². The third-order valence-electron chi connectivity index (χ3n) is 5.04. The zero-order valence-corrected chi connectivity index (χ0v) is 17.8. The maximum atomic E-state index is 13.3. The first-order valence-corrected chi connectivity index (χ1v) is 10.3. The molecule has 2 N–H and O–H groups in total. The Hall–Kier alpha value is -3.58. The highest BCUT2D eigenvalue weighted by Crippen LogP contribution is 2.42. The number of nitriles is 1. The van der Waals surface area contributed by atoms with Crippen molar-refractivity contribution in [3.05, 3.63) is 41.2 Å². The van der Waals surface area contributed by atoms with Gasteiger partial charge in [0.25, 0.3) is 5.91 Å². The molecule has 1 heterocycles. The highest BCUT2D eigenvalue weighted by molar-refractivity contribution is 6.34. The Bertz CT molecular complexity index is 1030. The number of aromatic amines is 1. The van der Waals surface area contributed by atoms with Crippen LogP contribution in [0.3, 0.4) is 0 Å². The minimum Gasteiger partial charge on any atom is -0.481 e. The molecule has 1 aromatic heterocycles. The van der Waals surface area contributed by atoms with E-state index in [4.69, 9.17) is 26.2 Å². The van der Waals surface area contributed by atoms with Crippen LogP contribution < -0.4 is 0 Å². The van der Waals surface area contributed by atoms with Crippen LogP contribution in [0.2, 0.25) is 5.02 Å². The minimum atomic E-state index is -1.08. The van der Waals surface area contributed by atoms with Crippen molar-refractivity contribution in [2.45, 2.75) is 37.6 Å². The summed E-state index contributed by atoms with van der Waals surface area (Å²) in [7, 11) is 0. The van der Waals surface area contributed by atoms with Gasteiger partial charge in [-0.25, -0.2) is 4.79 Å². The molecule has 2 aromatic rings. The Morgan fingerprint density at radius 2 is 2.03 bits per heavy atom. The van der Waals surface area contributed by atoms with Crippen LogP contribution in [0.5, 0.6) is 0 Å². The molecule has 11 heteroatoms. The quantitative estimate of drug-likeness (QED) is 0.310. The lowest BCUT2D eigenvalue weighted by Crippen LogP contribution is -2.43. The molecule has 0 unspecified atom stereocenters. The fourth-order valence-electron chi connectivity index (χ4n) is 3.05. The molecule has 3 rings (SSSR count). The van der Waals surface area contributed by atoms with Crippen LogP contribution in [-0.2, 0) is 14.3 Å². The van der Waals surface area contributed by atoms with Gasteiger partial charge < -0.3 is 14.6 Å². The topological polar surface area (TPSA) is 146 Å². The molecular weight excluding hydrogens is 440 g/mol. The van der Waals surface area contributed by atoms with Crippen LogP contribution in [0.15, 0.2) is 30.6 Å². The lowest BCUT2D eigenvalue weighted by Gasteiger charge is -2.27. The average molecular weight is 461 g/mol. The summed E-state index contributed by atoms with van der Waals surface area (Å²) < 4.78 is 9.97. The number of aliphatic carboxylic acids is 1. The molecule has 0 bridgehead atoms. The first-order valence-electron chi connectivity index (χ1n) is 9.89. The zero-order valence-electron chi connectivity index (χ0n) is 17.0.